The van der Waals surface area contributed by atoms with Crippen LogP contribution in [0.4, 0.5) is 18.9 Å². The van der Waals surface area contributed by atoms with Crippen molar-refractivity contribution >= 4 is 28.5 Å². The minimum atomic E-state index is -4.49. The molecule has 3 aromatic heterocycles. The van der Waals surface area contributed by atoms with Gasteiger partial charge >= 0.3 is 6.18 Å². The van der Waals surface area contributed by atoms with E-state index in [0.717, 1.165) is 28.5 Å². The van der Waals surface area contributed by atoms with Gasteiger partial charge in [-0.15, -0.1) is 0 Å². The van der Waals surface area contributed by atoms with Crippen molar-refractivity contribution in [3.05, 3.63) is 42.5 Å². The van der Waals surface area contributed by atoms with Crippen LogP contribution < -0.4 is 16.0 Å². The van der Waals surface area contributed by atoms with Gasteiger partial charge < -0.3 is 20.9 Å². The molecule has 0 spiro atoms. The molecule has 3 heterocycles. The Balaban J connectivity index is 1.80. The summed E-state index contributed by atoms with van der Waals surface area (Å²) in [5.41, 5.74) is 3.54. The quantitative estimate of drug-likeness (QED) is 0.341. The highest BCUT2D eigenvalue weighted by Gasteiger charge is 2.30. The Kier molecular flexibility index (Phi) is 8.31. The van der Waals surface area contributed by atoms with Gasteiger partial charge in [-0.2, -0.15) is 13.2 Å². The first-order chi connectivity index (χ1) is 16.6. The van der Waals surface area contributed by atoms with Gasteiger partial charge in [0.1, 0.15) is 18.2 Å². The van der Waals surface area contributed by atoms with Gasteiger partial charge in [0.15, 0.2) is 0 Å². The van der Waals surface area contributed by atoms with E-state index in [1.807, 2.05) is 18.3 Å². The van der Waals surface area contributed by atoms with Crippen molar-refractivity contribution in [3.63, 3.8) is 0 Å². The first-order valence-electron chi connectivity index (χ1n) is 11.4. The van der Waals surface area contributed by atoms with Gasteiger partial charge in [-0.25, -0.2) is 4.98 Å². The number of alkyl halides is 3. The van der Waals surface area contributed by atoms with Crippen LogP contribution in [-0.2, 0) is 16.1 Å². The second kappa shape index (κ2) is 11.2. The number of carbonyl (C=O) groups excluding carboxylic acids is 2. The van der Waals surface area contributed by atoms with E-state index < -0.39 is 24.7 Å². The molecule has 0 aliphatic rings. The molecule has 0 aromatic carbocycles. The standard InChI is InChI=1S/C24H29F3N6O2/c1-4-5-20(34)29-8-15-6-18-19(12-31-22(18)30-9-15)16-7-17(11-28-10-16)33-21(14(2)3)23(35)32-13-24(25,26)27/h6-7,9-12,14,21,33H,4-5,8,13H2,1-3H3,(H,29,34)(H,30,31)(H,32,35). The van der Waals surface area contributed by atoms with E-state index in [0.29, 0.717) is 24.3 Å². The zero-order chi connectivity index (χ0) is 25.6. The monoisotopic (exact) mass is 490 g/mol. The zero-order valence-corrected chi connectivity index (χ0v) is 19.8. The molecule has 35 heavy (non-hydrogen) atoms. The number of nitrogens with one attached hydrogen (secondary N) is 4. The summed E-state index contributed by atoms with van der Waals surface area (Å²) in [7, 11) is 0. The smallest absolute Gasteiger partial charge is 0.372 e. The molecule has 0 bridgehead atoms. The molecule has 1 atom stereocenters. The van der Waals surface area contributed by atoms with Crippen LogP contribution in [-0.4, -0.2) is 45.5 Å². The molecular formula is C24H29F3N6O2. The lowest BCUT2D eigenvalue weighted by Gasteiger charge is -2.23. The number of aromatic nitrogens is 3. The third-order valence-electron chi connectivity index (χ3n) is 5.34. The third kappa shape index (κ3) is 7.17. The number of H-pyrrole nitrogens is 1. The van der Waals surface area contributed by atoms with Gasteiger partial charge in [0.25, 0.3) is 0 Å². The zero-order valence-electron chi connectivity index (χ0n) is 19.8. The molecule has 11 heteroatoms. The summed E-state index contributed by atoms with van der Waals surface area (Å²) in [4.78, 5) is 35.9. The molecule has 4 N–H and O–H groups in total. The Bertz CT molecular complexity index is 1180. The van der Waals surface area contributed by atoms with Crippen LogP contribution in [0.15, 0.2) is 36.9 Å². The van der Waals surface area contributed by atoms with Crippen LogP contribution in [0.3, 0.4) is 0 Å². The summed E-state index contributed by atoms with van der Waals surface area (Å²) in [6.07, 6.45) is 3.38. The Morgan fingerprint density at radius 2 is 1.89 bits per heavy atom. The van der Waals surface area contributed by atoms with E-state index in [2.05, 4.69) is 25.6 Å². The normalized spacial score (nSPS) is 12.5. The van der Waals surface area contributed by atoms with Gasteiger partial charge in [-0.05, 0) is 30.0 Å². The Morgan fingerprint density at radius 3 is 2.57 bits per heavy atom. The summed E-state index contributed by atoms with van der Waals surface area (Å²) < 4.78 is 37.6. The molecule has 0 saturated heterocycles. The number of hydrogen-bond acceptors (Lipinski definition) is 5. The lowest BCUT2D eigenvalue weighted by molar-refractivity contribution is -0.139. The van der Waals surface area contributed by atoms with Crippen LogP contribution in [0.2, 0.25) is 0 Å². The van der Waals surface area contributed by atoms with E-state index in [1.54, 1.807) is 38.5 Å². The fourth-order valence-corrected chi connectivity index (χ4v) is 3.58. The molecule has 1 unspecified atom stereocenters. The van der Waals surface area contributed by atoms with Crippen molar-refractivity contribution in [2.24, 2.45) is 5.92 Å². The summed E-state index contributed by atoms with van der Waals surface area (Å²) in [5, 5.41) is 8.64. The highest BCUT2D eigenvalue weighted by molar-refractivity contribution is 5.94. The number of aromatic amines is 1. The van der Waals surface area contributed by atoms with Crippen molar-refractivity contribution in [2.75, 3.05) is 11.9 Å². The van der Waals surface area contributed by atoms with Gasteiger partial charge in [0.2, 0.25) is 11.8 Å². The molecule has 3 aromatic rings. The SMILES string of the molecule is CCCC(=O)NCc1cnc2[nH]cc(-c3cncc(NC(C(=O)NCC(F)(F)F)C(C)C)c3)c2c1. The summed E-state index contributed by atoms with van der Waals surface area (Å²) in [6.45, 7) is 4.39. The van der Waals surface area contributed by atoms with Crippen LogP contribution >= 0.6 is 0 Å². The lowest BCUT2D eigenvalue weighted by atomic mass is 10.0. The Morgan fingerprint density at radius 1 is 1.11 bits per heavy atom. The van der Waals surface area contributed by atoms with Gasteiger partial charge in [-0.3, -0.25) is 14.6 Å². The van der Waals surface area contributed by atoms with Crippen molar-refractivity contribution in [1.82, 2.24) is 25.6 Å². The number of rotatable bonds is 10. The summed E-state index contributed by atoms with van der Waals surface area (Å²) in [6, 6.07) is 2.83. The number of anilines is 1. The number of amides is 2. The van der Waals surface area contributed by atoms with E-state index in [4.69, 9.17) is 0 Å². The molecule has 3 rings (SSSR count). The topological polar surface area (TPSA) is 112 Å². The number of hydrogen-bond donors (Lipinski definition) is 4. The Labute approximate surface area is 201 Å². The molecule has 8 nitrogen and oxygen atoms in total. The van der Waals surface area contributed by atoms with E-state index in [9.17, 15) is 22.8 Å². The molecule has 0 saturated carbocycles. The van der Waals surface area contributed by atoms with E-state index >= 15 is 0 Å². The van der Waals surface area contributed by atoms with Gasteiger partial charge in [0, 0.05) is 54.3 Å². The molecule has 0 aliphatic heterocycles. The highest BCUT2D eigenvalue weighted by Crippen LogP contribution is 2.29. The van der Waals surface area contributed by atoms with Crippen molar-refractivity contribution in [3.8, 4) is 11.1 Å². The molecule has 0 radical (unpaired) electrons. The third-order valence-corrected chi connectivity index (χ3v) is 5.34. The fraction of sp³-hybridized carbons (Fsp3) is 0.417. The Hall–Kier alpha value is -3.63. The molecule has 0 fully saturated rings. The highest BCUT2D eigenvalue weighted by atomic mass is 19.4. The maximum Gasteiger partial charge on any atom is 0.405 e. The largest absolute Gasteiger partial charge is 0.405 e. The number of halogens is 3. The maximum absolute atomic E-state index is 12.5. The van der Waals surface area contributed by atoms with Crippen LogP contribution in [0, 0.1) is 5.92 Å². The van der Waals surface area contributed by atoms with Crippen LogP contribution in [0.5, 0.6) is 0 Å². The summed E-state index contributed by atoms with van der Waals surface area (Å²) in [5.74, 6) is -1.03. The molecule has 2 amide bonds. The average Bonchev–Trinajstić information content (AvgIpc) is 3.23. The van der Waals surface area contributed by atoms with Gasteiger partial charge in [0.05, 0.1) is 5.69 Å². The van der Waals surface area contributed by atoms with E-state index in [-0.39, 0.29) is 11.8 Å². The number of nitrogens with zero attached hydrogens (tertiary/aromatic N) is 2. The second-order valence-corrected chi connectivity index (χ2v) is 8.63. The molecule has 0 aliphatic carbocycles. The van der Waals surface area contributed by atoms with Crippen LogP contribution in [0.1, 0.15) is 39.2 Å². The molecular weight excluding hydrogens is 461 g/mol. The average molecular weight is 491 g/mol. The van der Waals surface area contributed by atoms with Crippen molar-refractivity contribution in [2.45, 2.75) is 52.4 Å². The minimum absolute atomic E-state index is 0.0242. The first kappa shape index (κ1) is 26.0. The van der Waals surface area contributed by atoms with Crippen molar-refractivity contribution < 1.29 is 22.8 Å². The fourth-order valence-electron chi connectivity index (χ4n) is 3.58. The predicted octanol–water partition coefficient (Wildman–Crippen LogP) is 4.16. The first-order valence-corrected chi connectivity index (χ1v) is 11.4. The second-order valence-electron chi connectivity index (χ2n) is 8.63. The number of fused-ring (bicyclic) bond motifs is 1. The predicted molar refractivity (Wildman–Crippen MR) is 127 cm³/mol. The van der Waals surface area contributed by atoms with Crippen LogP contribution in [0.25, 0.3) is 22.2 Å². The van der Waals surface area contributed by atoms with Gasteiger partial charge in [-0.1, -0.05) is 20.8 Å². The maximum atomic E-state index is 12.5. The molecule has 188 valence electrons. The number of pyridine rings is 2. The van der Waals surface area contributed by atoms with Crippen molar-refractivity contribution in [1.29, 1.82) is 0 Å². The summed E-state index contributed by atoms with van der Waals surface area (Å²) >= 11 is 0. The van der Waals surface area contributed by atoms with E-state index in [1.165, 1.54) is 6.20 Å². The minimum Gasteiger partial charge on any atom is -0.372 e. The number of carbonyl (C=O) groups is 2. The lowest BCUT2D eigenvalue weighted by Crippen LogP contribution is -2.46.